The first-order valence-electron chi connectivity index (χ1n) is 5.96. The summed E-state index contributed by atoms with van der Waals surface area (Å²) in [6.45, 7) is 0. The van der Waals surface area contributed by atoms with Gasteiger partial charge in [-0.3, -0.25) is 20.2 Å². The largest absolute Gasteiger partial charge is 0.354 e. The van der Waals surface area contributed by atoms with Crippen LogP contribution in [0, 0.1) is 20.2 Å². The highest BCUT2D eigenvalue weighted by Gasteiger charge is 2.25. The molecule has 0 saturated heterocycles. The zero-order valence-corrected chi connectivity index (χ0v) is 11.5. The Morgan fingerprint density at radius 2 is 1.73 bits per heavy atom. The Hall–Kier alpha value is -3.00. The van der Waals surface area contributed by atoms with Gasteiger partial charge in [0, 0.05) is 17.2 Å². The number of nitrogens with zero attached hydrogens (tertiary/aromatic N) is 3. The summed E-state index contributed by atoms with van der Waals surface area (Å²) in [5, 5.41) is 26.2. The Kier molecular flexibility index (Phi) is 3.22. The molecule has 0 spiro atoms. The van der Waals surface area contributed by atoms with Crippen LogP contribution in [0.15, 0.2) is 40.9 Å². The Morgan fingerprint density at radius 3 is 2.41 bits per heavy atom. The molecule has 0 aliphatic heterocycles. The number of rotatable bonds is 3. The van der Waals surface area contributed by atoms with Gasteiger partial charge in [0.25, 0.3) is 5.69 Å². The van der Waals surface area contributed by atoms with Crippen LogP contribution in [0.25, 0.3) is 22.2 Å². The maximum absolute atomic E-state index is 11.1. The minimum absolute atomic E-state index is 0.0115. The van der Waals surface area contributed by atoms with Crippen LogP contribution in [0.4, 0.5) is 11.4 Å². The molecule has 1 heterocycles. The third kappa shape index (κ3) is 2.15. The number of nitro benzene ring substituents is 2. The van der Waals surface area contributed by atoms with Crippen molar-refractivity contribution < 1.29 is 14.4 Å². The number of para-hydroxylation sites is 1. The Balaban J connectivity index is 2.35. The lowest BCUT2D eigenvalue weighted by atomic mass is 10.1. The van der Waals surface area contributed by atoms with Crippen molar-refractivity contribution in [1.82, 2.24) is 5.16 Å². The lowest BCUT2D eigenvalue weighted by Gasteiger charge is -1.99. The van der Waals surface area contributed by atoms with Gasteiger partial charge >= 0.3 is 5.69 Å². The van der Waals surface area contributed by atoms with E-state index in [0.717, 1.165) is 6.07 Å². The van der Waals surface area contributed by atoms with Crippen LogP contribution in [0.1, 0.15) is 0 Å². The molecule has 0 aliphatic rings. The maximum atomic E-state index is 11.1. The van der Waals surface area contributed by atoms with Crippen molar-refractivity contribution in [3.8, 4) is 11.3 Å². The lowest BCUT2D eigenvalue weighted by Crippen LogP contribution is -1.91. The number of non-ortho nitro benzene ring substituents is 1. The zero-order valence-electron chi connectivity index (χ0n) is 10.7. The summed E-state index contributed by atoms with van der Waals surface area (Å²) in [4.78, 5) is 20.9. The molecule has 2 aromatic carbocycles. The molecule has 0 radical (unpaired) electrons. The molecule has 8 nitrogen and oxygen atoms in total. The molecule has 0 N–H and O–H groups in total. The number of fused-ring (bicyclic) bond motifs is 1. The van der Waals surface area contributed by atoms with Gasteiger partial charge in [0.1, 0.15) is 0 Å². The Bertz CT molecular complexity index is 921. The number of hydrogen-bond acceptors (Lipinski definition) is 6. The fraction of sp³-hybridized carbons (Fsp3) is 0. The minimum atomic E-state index is -0.639. The molecule has 0 bridgehead atoms. The van der Waals surface area contributed by atoms with E-state index < -0.39 is 9.85 Å². The van der Waals surface area contributed by atoms with E-state index in [4.69, 9.17) is 16.1 Å². The molecule has 0 amide bonds. The van der Waals surface area contributed by atoms with Gasteiger partial charge in [0.15, 0.2) is 11.3 Å². The van der Waals surface area contributed by atoms with E-state index in [9.17, 15) is 20.2 Å². The first-order chi connectivity index (χ1) is 10.5. The van der Waals surface area contributed by atoms with E-state index in [1.807, 2.05) is 0 Å². The average Bonchev–Trinajstić information content (AvgIpc) is 2.89. The van der Waals surface area contributed by atoms with Crippen molar-refractivity contribution in [2.45, 2.75) is 0 Å². The van der Waals surface area contributed by atoms with Gasteiger partial charge in [0.2, 0.25) is 0 Å². The third-order valence-corrected chi connectivity index (χ3v) is 3.29. The van der Waals surface area contributed by atoms with Crippen molar-refractivity contribution in [3.05, 3.63) is 61.6 Å². The first kappa shape index (κ1) is 14.0. The van der Waals surface area contributed by atoms with Gasteiger partial charge in [-0.2, -0.15) is 0 Å². The summed E-state index contributed by atoms with van der Waals surface area (Å²) in [5.74, 6) is 0.0629. The van der Waals surface area contributed by atoms with Crippen molar-refractivity contribution in [1.29, 1.82) is 0 Å². The number of hydrogen-bond donors (Lipinski definition) is 0. The van der Waals surface area contributed by atoms with Gasteiger partial charge in [-0.15, -0.1) is 0 Å². The van der Waals surface area contributed by atoms with Crippen LogP contribution >= 0.6 is 11.6 Å². The fourth-order valence-corrected chi connectivity index (χ4v) is 2.37. The molecule has 0 aliphatic carbocycles. The highest BCUT2D eigenvalue weighted by Crippen LogP contribution is 2.38. The van der Waals surface area contributed by atoms with Gasteiger partial charge in [-0.1, -0.05) is 28.9 Å². The predicted molar refractivity (Wildman–Crippen MR) is 77.8 cm³/mol. The van der Waals surface area contributed by atoms with Crippen LogP contribution in [0.2, 0.25) is 5.02 Å². The Morgan fingerprint density at radius 1 is 1.05 bits per heavy atom. The molecule has 0 fully saturated rings. The van der Waals surface area contributed by atoms with E-state index in [0.29, 0.717) is 0 Å². The SMILES string of the molecule is O=[N+]([O-])c1ccccc1-c1onc2c([N+](=O)[O-])cc(Cl)cc12. The van der Waals surface area contributed by atoms with E-state index in [2.05, 4.69) is 5.16 Å². The van der Waals surface area contributed by atoms with Gasteiger partial charge in [-0.05, 0) is 12.1 Å². The molecule has 1 aromatic heterocycles. The predicted octanol–water partition coefficient (Wildman–Crippen LogP) is 3.96. The second-order valence-corrected chi connectivity index (χ2v) is 4.80. The molecule has 110 valence electrons. The fourth-order valence-electron chi connectivity index (χ4n) is 2.15. The van der Waals surface area contributed by atoms with Crippen molar-refractivity contribution in [2.75, 3.05) is 0 Å². The molecule has 0 atom stereocenters. The monoisotopic (exact) mass is 319 g/mol. The topological polar surface area (TPSA) is 112 Å². The zero-order chi connectivity index (χ0) is 15.9. The van der Waals surface area contributed by atoms with Crippen molar-refractivity contribution in [2.24, 2.45) is 0 Å². The second-order valence-electron chi connectivity index (χ2n) is 4.36. The Labute approximate surface area is 127 Å². The molecule has 22 heavy (non-hydrogen) atoms. The van der Waals surface area contributed by atoms with Gasteiger partial charge in [-0.25, -0.2) is 0 Å². The number of nitro groups is 2. The molecule has 3 rings (SSSR count). The quantitative estimate of drug-likeness (QED) is 0.533. The molecule has 9 heteroatoms. The summed E-state index contributed by atoms with van der Waals surface area (Å²) < 4.78 is 5.12. The van der Waals surface area contributed by atoms with Crippen LogP contribution in [0.3, 0.4) is 0 Å². The number of halogens is 1. The molecule has 0 saturated carbocycles. The summed E-state index contributed by atoms with van der Waals surface area (Å²) >= 11 is 5.88. The molecular weight excluding hydrogens is 314 g/mol. The van der Waals surface area contributed by atoms with Crippen LogP contribution < -0.4 is 0 Å². The van der Waals surface area contributed by atoms with E-state index in [-0.39, 0.29) is 38.6 Å². The smallest absolute Gasteiger partial charge is 0.300 e. The van der Waals surface area contributed by atoms with Gasteiger partial charge < -0.3 is 4.52 Å². The van der Waals surface area contributed by atoms with Crippen LogP contribution in [-0.2, 0) is 0 Å². The minimum Gasteiger partial charge on any atom is -0.354 e. The molecular formula is C13H6ClN3O5. The van der Waals surface area contributed by atoms with Gasteiger partial charge in [0.05, 0.1) is 20.8 Å². The summed E-state index contributed by atoms with van der Waals surface area (Å²) in [6.07, 6.45) is 0. The maximum Gasteiger partial charge on any atom is 0.300 e. The molecule has 3 aromatic rings. The normalized spacial score (nSPS) is 10.8. The highest BCUT2D eigenvalue weighted by molar-refractivity contribution is 6.32. The summed E-state index contributed by atoms with van der Waals surface area (Å²) in [6, 6.07) is 8.46. The second kappa shape index (κ2) is 5.08. The highest BCUT2D eigenvalue weighted by atomic mass is 35.5. The third-order valence-electron chi connectivity index (χ3n) is 3.07. The van der Waals surface area contributed by atoms with Crippen molar-refractivity contribution >= 4 is 33.9 Å². The standard InChI is InChI=1S/C13H6ClN3O5/c14-7-5-9-12(11(6-7)17(20)21)15-22-13(9)8-3-1-2-4-10(8)16(18)19/h1-6H. The lowest BCUT2D eigenvalue weighted by molar-refractivity contribution is -0.384. The van der Waals surface area contributed by atoms with E-state index >= 15 is 0 Å². The van der Waals surface area contributed by atoms with Crippen molar-refractivity contribution in [3.63, 3.8) is 0 Å². The summed E-state index contributed by atoms with van der Waals surface area (Å²) in [7, 11) is 0. The first-order valence-corrected chi connectivity index (χ1v) is 6.34. The average molecular weight is 320 g/mol. The van der Waals surface area contributed by atoms with Crippen LogP contribution in [-0.4, -0.2) is 15.0 Å². The van der Waals surface area contributed by atoms with E-state index in [1.54, 1.807) is 6.07 Å². The molecule has 0 unspecified atom stereocenters. The summed E-state index contributed by atoms with van der Waals surface area (Å²) in [5.41, 5.74) is -0.353. The number of benzene rings is 2. The van der Waals surface area contributed by atoms with E-state index in [1.165, 1.54) is 24.3 Å². The van der Waals surface area contributed by atoms with Crippen LogP contribution in [0.5, 0.6) is 0 Å². The number of aromatic nitrogens is 1.